The molecule has 2 aromatic rings. The number of hydrogen-bond acceptors (Lipinski definition) is 4. The van der Waals surface area contributed by atoms with Gasteiger partial charge in [0, 0.05) is 18.2 Å². The van der Waals surface area contributed by atoms with E-state index in [0.29, 0.717) is 6.04 Å². The molecule has 2 aliphatic rings. The number of nitrogens with one attached hydrogen (secondary N) is 1. The molecule has 1 fully saturated rings. The number of rotatable bonds is 2. The van der Waals surface area contributed by atoms with Crippen molar-refractivity contribution >= 4 is 0 Å². The van der Waals surface area contributed by atoms with Crippen molar-refractivity contribution in [1.29, 1.82) is 0 Å². The second-order valence-corrected chi connectivity index (χ2v) is 5.37. The standard InChI is InChI=1S/C16H17N3O/c1-2-14(17-7-1)16-18-8-5-13(19-16)11-3-4-15-12(10-11)6-9-20-15/h3-5,8,10,14,17H,1-2,6-7,9H2. The number of hydrogen-bond donors (Lipinski definition) is 1. The predicted octanol–water partition coefficient (Wildman–Crippen LogP) is 2.50. The largest absolute Gasteiger partial charge is 0.493 e. The zero-order valence-corrected chi connectivity index (χ0v) is 11.3. The summed E-state index contributed by atoms with van der Waals surface area (Å²) in [5.74, 6) is 1.93. The maximum atomic E-state index is 5.55. The lowest BCUT2D eigenvalue weighted by Gasteiger charge is -2.10. The van der Waals surface area contributed by atoms with Gasteiger partial charge >= 0.3 is 0 Å². The van der Waals surface area contributed by atoms with Crippen molar-refractivity contribution in [2.24, 2.45) is 0 Å². The van der Waals surface area contributed by atoms with Crippen LogP contribution in [0.1, 0.15) is 30.3 Å². The second kappa shape index (κ2) is 4.87. The van der Waals surface area contributed by atoms with Crippen LogP contribution >= 0.6 is 0 Å². The van der Waals surface area contributed by atoms with Crippen molar-refractivity contribution in [3.63, 3.8) is 0 Å². The van der Waals surface area contributed by atoms with E-state index < -0.39 is 0 Å². The first-order valence-corrected chi connectivity index (χ1v) is 7.22. The van der Waals surface area contributed by atoms with Crippen LogP contribution in [-0.4, -0.2) is 23.1 Å². The molecular formula is C16H17N3O. The fraction of sp³-hybridized carbons (Fsp3) is 0.375. The van der Waals surface area contributed by atoms with E-state index in [4.69, 9.17) is 9.72 Å². The maximum absolute atomic E-state index is 5.55. The van der Waals surface area contributed by atoms with Crippen molar-refractivity contribution in [3.8, 4) is 17.0 Å². The molecule has 1 saturated heterocycles. The molecule has 1 aromatic carbocycles. The van der Waals surface area contributed by atoms with Gasteiger partial charge in [0.1, 0.15) is 11.6 Å². The van der Waals surface area contributed by atoms with Gasteiger partial charge in [0.25, 0.3) is 0 Å². The fourth-order valence-corrected chi connectivity index (χ4v) is 2.95. The van der Waals surface area contributed by atoms with Gasteiger partial charge in [-0.2, -0.15) is 0 Å². The first-order valence-electron chi connectivity index (χ1n) is 7.22. The first kappa shape index (κ1) is 11.9. The summed E-state index contributed by atoms with van der Waals surface area (Å²) in [6, 6.07) is 8.62. The molecule has 0 amide bonds. The maximum Gasteiger partial charge on any atom is 0.145 e. The summed E-state index contributed by atoms with van der Waals surface area (Å²) in [5.41, 5.74) is 3.43. The zero-order valence-electron chi connectivity index (χ0n) is 11.3. The number of nitrogens with zero attached hydrogens (tertiary/aromatic N) is 2. The van der Waals surface area contributed by atoms with Crippen molar-refractivity contribution in [2.45, 2.75) is 25.3 Å². The monoisotopic (exact) mass is 267 g/mol. The molecule has 0 spiro atoms. The minimum atomic E-state index is 0.313. The summed E-state index contributed by atoms with van der Waals surface area (Å²) in [5, 5.41) is 3.45. The predicted molar refractivity (Wildman–Crippen MR) is 76.6 cm³/mol. The van der Waals surface area contributed by atoms with E-state index in [-0.39, 0.29) is 0 Å². The zero-order chi connectivity index (χ0) is 13.4. The van der Waals surface area contributed by atoms with E-state index in [1.807, 2.05) is 18.3 Å². The summed E-state index contributed by atoms with van der Waals surface area (Å²) < 4.78 is 5.55. The first-order chi connectivity index (χ1) is 9.90. The SMILES string of the molecule is c1cc(-c2ccc3c(c2)CCO3)nc(C2CCCN2)n1. The van der Waals surface area contributed by atoms with Gasteiger partial charge in [0.15, 0.2) is 0 Å². The van der Waals surface area contributed by atoms with Crippen LogP contribution in [0.5, 0.6) is 5.75 Å². The Morgan fingerprint density at radius 3 is 3.15 bits per heavy atom. The molecule has 1 aromatic heterocycles. The lowest BCUT2D eigenvalue weighted by atomic mass is 10.1. The topological polar surface area (TPSA) is 47.0 Å². The van der Waals surface area contributed by atoms with Crippen molar-refractivity contribution in [2.75, 3.05) is 13.2 Å². The van der Waals surface area contributed by atoms with Crippen LogP contribution in [0.4, 0.5) is 0 Å². The van der Waals surface area contributed by atoms with Crippen LogP contribution in [0.25, 0.3) is 11.3 Å². The molecule has 4 rings (SSSR count). The molecule has 3 heterocycles. The molecule has 20 heavy (non-hydrogen) atoms. The van der Waals surface area contributed by atoms with Gasteiger partial charge < -0.3 is 10.1 Å². The third kappa shape index (κ3) is 2.06. The Hall–Kier alpha value is -1.94. The Balaban J connectivity index is 1.69. The van der Waals surface area contributed by atoms with E-state index in [1.165, 1.54) is 12.0 Å². The third-order valence-electron chi connectivity index (χ3n) is 4.03. The Labute approximate surface area is 118 Å². The van der Waals surface area contributed by atoms with Crippen molar-refractivity contribution < 1.29 is 4.74 Å². The lowest BCUT2D eigenvalue weighted by molar-refractivity contribution is 0.357. The average molecular weight is 267 g/mol. The minimum Gasteiger partial charge on any atom is -0.493 e. The summed E-state index contributed by atoms with van der Waals surface area (Å²) in [4.78, 5) is 9.16. The van der Waals surface area contributed by atoms with Gasteiger partial charge in [-0.3, -0.25) is 0 Å². The van der Waals surface area contributed by atoms with Gasteiger partial charge in [-0.15, -0.1) is 0 Å². The van der Waals surface area contributed by atoms with Crippen LogP contribution in [0.15, 0.2) is 30.5 Å². The van der Waals surface area contributed by atoms with Crippen molar-refractivity contribution in [1.82, 2.24) is 15.3 Å². The summed E-state index contributed by atoms with van der Waals surface area (Å²) >= 11 is 0. The smallest absolute Gasteiger partial charge is 0.145 e. The number of aromatic nitrogens is 2. The number of fused-ring (bicyclic) bond motifs is 1. The molecular weight excluding hydrogens is 250 g/mol. The highest BCUT2D eigenvalue weighted by Crippen LogP contribution is 2.30. The molecule has 4 heteroatoms. The molecule has 0 bridgehead atoms. The molecule has 1 atom stereocenters. The average Bonchev–Trinajstić information content (AvgIpc) is 3.18. The molecule has 0 saturated carbocycles. The normalized spacial score (nSPS) is 20.7. The van der Waals surface area contributed by atoms with Gasteiger partial charge in [-0.05, 0) is 49.2 Å². The quantitative estimate of drug-likeness (QED) is 0.908. The van der Waals surface area contributed by atoms with E-state index in [9.17, 15) is 0 Å². The van der Waals surface area contributed by atoms with Crippen LogP contribution in [0, 0.1) is 0 Å². The highest BCUT2D eigenvalue weighted by molar-refractivity contribution is 5.62. The van der Waals surface area contributed by atoms with E-state index in [2.05, 4.69) is 22.4 Å². The van der Waals surface area contributed by atoms with Gasteiger partial charge in [0.05, 0.1) is 18.3 Å². The molecule has 102 valence electrons. The van der Waals surface area contributed by atoms with E-state index in [1.54, 1.807) is 0 Å². The van der Waals surface area contributed by atoms with Crippen LogP contribution < -0.4 is 10.1 Å². The van der Waals surface area contributed by atoms with Crippen LogP contribution in [0.3, 0.4) is 0 Å². The van der Waals surface area contributed by atoms with Gasteiger partial charge in [-0.25, -0.2) is 9.97 Å². The Bertz CT molecular complexity index is 635. The third-order valence-corrected chi connectivity index (χ3v) is 4.03. The van der Waals surface area contributed by atoms with Crippen LogP contribution in [-0.2, 0) is 6.42 Å². The Morgan fingerprint density at radius 1 is 1.25 bits per heavy atom. The van der Waals surface area contributed by atoms with Gasteiger partial charge in [-0.1, -0.05) is 0 Å². The molecule has 2 aliphatic heterocycles. The minimum absolute atomic E-state index is 0.313. The molecule has 1 N–H and O–H groups in total. The highest BCUT2D eigenvalue weighted by Gasteiger charge is 2.19. The Morgan fingerprint density at radius 2 is 2.25 bits per heavy atom. The number of benzene rings is 1. The summed E-state index contributed by atoms with van der Waals surface area (Å²) in [7, 11) is 0. The molecule has 1 unspecified atom stereocenters. The highest BCUT2D eigenvalue weighted by atomic mass is 16.5. The Kier molecular flexibility index (Phi) is 2.89. The molecule has 0 radical (unpaired) electrons. The van der Waals surface area contributed by atoms with Gasteiger partial charge in [0.2, 0.25) is 0 Å². The molecule has 0 aliphatic carbocycles. The van der Waals surface area contributed by atoms with E-state index in [0.717, 1.165) is 48.8 Å². The molecule has 4 nitrogen and oxygen atoms in total. The fourth-order valence-electron chi connectivity index (χ4n) is 2.95. The second-order valence-electron chi connectivity index (χ2n) is 5.37. The lowest BCUT2D eigenvalue weighted by Crippen LogP contribution is -2.15. The number of ether oxygens (including phenoxy) is 1. The van der Waals surface area contributed by atoms with Crippen molar-refractivity contribution in [3.05, 3.63) is 41.9 Å². The van der Waals surface area contributed by atoms with E-state index >= 15 is 0 Å². The van der Waals surface area contributed by atoms with Crippen LogP contribution in [0.2, 0.25) is 0 Å². The summed E-state index contributed by atoms with van der Waals surface area (Å²) in [6.07, 6.45) is 5.18. The summed E-state index contributed by atoms with van der Waals surface area (Å²) in [6.45, 7) is 1.86.